The van der Waals surface area contributed by atoms with Gasteiger partial charge in [0, 0.05) is 30.5 Å². The molecule has 2 aromatic heterocycles. The second-order valence-corrected chi connectivity index (χ2v) is 10.7. The molecular formula is C28H31BFN7. The van der Waals surface area contributed by atoms with Crippen molar-refractivity contribution in [2.24, 2.45) is 7.05 Å². The van der Waals surface area contributed by atoms with Crippen molar-refractivity contribution in [3.63, 3.8) is 0 Å². The molecule has 5 rings (SSSR count). The summed E-state index contributed by atoms with van der Waals surface area (Å²) >= 11 is 0. The third-order valence-electron chi connectivity index (χ3n) is 6.56. The van der Waals surface area contributed by atoms with Gasteiger partial charge in [0.25, 0.3) is 0 Å². The fraction of sp³-hybridized carbons (Fsp3) is 0.250. The molecule has 7 nitrogen and oxygen atoms in total. The second kappa shape index (κ2) is 9.39. The van der Waals surface area contributed by atoms with E-state index < -0.39 is 5.82 Å². The SMILES string of the molecule is BC(C)(C)CCNC(=C)c1cc2c(ncn2C)c(F)c1Nc1ccc(-n2nnc3ccccc32)cc1C. The van der Waals surface area contributed by atoms with Crippen LogP contribution in [0.2, 0.25) is 5.31 Å². The minimum Gasteiger partial charge on any atom is -0.385 e. The number of nitrogens with zero attached hydrogens (tertiary/aromatic N) is 5. The normalized spacial score (nSPS) is 11.8. The Balaban J connectivity index is 1.51. The first kappa shape index (κ1) is 24.6. The van der Waals surface area contributed by atoms with E-state index >= 15 is 4.39 Å². The summed E-state index contributed by atoms with van der Waals surface area (Å²) in [6.45, 7) is 11.4. The van der Waals surface area contributed by atoms with E-state index in [9.17, 15) is 0 Å². The third kappa shape index (κ3) is 4.81. The minimum atomic E-state index is -0.405. The van der Waals surface area contributed by atoms with Gasteiger partial charge in [0.05, 0.1) is 28.7 Å². The maximum absolute atomic E-state index is 15.9. The van der Waals surface area contributed by atoms with Gasteiger partial charge in [-0.15, -0.1) is 5.10 Å². The summed E-state index contributed by atoms with van der Waals surface area (Å²) in [5.41, 5.74) is 7.07. The molecule has 0 saturated heterocycles. The average Bonchev–Trinajstić information content (AvgIpc) is 3.44. The van der Waals surface area contributed by atoms with Crippen LogP contribution in [0.5, 0.6) is 0 Å². The molecule has 0 aliphatic rings. The summed E-state index contributed by atoms with van der Waals surface area (Å²) in [5, 5.41) is 15.5. The summed E-state index contributed by atoms with van der Waals surface area (Å²) < 4.78 is 19.5. The molecule has 0 spiro atoms. The zero-order valence-electron chi connectivity index (χ0n) is 21.9. The van der Waals surface area contributed by atoms with E-state index in [0.29, 0.717) is 28.0 Å². The van der Waals surface area contributed by atoms with Crippen LogP contribution < -0.4 is 10.6 Å². The summed E-state index contributed by atoms with van der Waals surface area (Å²) in [6, 6.07) is 15.6. The van der Waals surface area contributed by atoms with E-state index in [-0.39, 0.29) is 5.31 Å². The van der Waals surface area contributed by atoms with Gasteiger partial charge in [0.15, 0.2) is 5.82 Å². The molecule has 0 aliphatic heterocycles. The fourth-order valence-electron chi connectivity index (χ4n) is 4.38. The van der Waals surface area contributed by atoms with Crippen LogP contribution in [-0.4, -0.2) is 38.9 Å². The Morgan fingerprint density at radius 3 is 2.68 bits per heavy atom. The Kier molecular flexibility index (Phi) is 6.23. The highest BCUT2D eigenvalue weighted by atomic mass is 19.1. The number of fused-ring (bicyclic) bond motifs is 2. The van der Waals surface area contributed by atoms with E-state index in [4.69, 9.17) is 0 Å². The Bertz CT molecular complexity index is 1630. The zero-order valence-corrected chi connectivity index (χ0v) is 21.9. The zero-order chi connectivity index (χ0) is 26.3. The van der Waals surface area contributed by atoms with Crippen LogP contribution in [0.15, 0.2) is 61.4 Å². The highest BCUT2D eigenvalue weighted by molar-refractivity contribution is 6.14. The summed E-state index contributed by atoms with van der Waals surface area (Å²) in [4.78, 5) is 4.29. The molecule has 2 heterocycles. The number of anilines is 2. The largest absolute Gasteiger partial charge is 0.385 e. The van der Waals surface area contributed by atoms with E-state index in [0.717, 1.165) is 40.9 Å². The molecule has 0 aliphatic carbocycles. The van der Waals surface area contributed by atoms with Crippen LogP contribution in [0, 0.1) is 12.7 Å². The first-order chi connectivity index (χ1) is 17.6. The molecule has 2 N–H and O–H groups in total. The van der Waals surface area contributed by atoms with Gasteiger partial charge in [0.2, 0.25) is 0 Å². The topological polar surface area (TPSA) is 72.6 Å². The molecule has 0 amide bonds. The van der Waals surface area contributed by atoms with E-state index in [2.05, 4.69) is 54.2 Å². The Labute approximate surface area is 216 Å². The van der Waals surface area contributed by atoms with Crippen molar-refractivity contribution >= 4 is 47.0 Å². The molecule has 188 valence electrons. The highest BCUT2D eigenvalue weighted by Crippen LogP contribution is 2.35. The van der Waals surface area contributed by atoms with Crippen molar-refractivity contribution in [3.8, 4) is 5.69 Å². The summed E-state index contributed by atoms with van der Waals surface area (Å²) in [7, 11) is 4.05. The number of para-hydroxylation sites is 1. The van der Waals surface area contributed by atoms with Crippen molar-refractivity contribution in [1.82, 2.24) is 29.9 Å². The monoisotopic (exact) mass is 495 g/mol. The first-order valence-electron chi connectivity index (χ1n) is 12.4. The molecule has 0 unspecified atom stereocenters. The average molecular weight is 495 g/mol. The van der Waals surface area contributed by atoms with Crippen LogP contribution in [0.4, 0.5) is 15.8 Å². The maximum atomic E-state index is 15.9. The first-order valence-corrected chi connectivity index (χ1v) is 12.4. The van der Waals surface area contributed by atoms with Crippen molar-refractivity contribution < 1.29 is 4.39 Å². The predicted molar refractivity (Wildman–Crippen MR) is 152 cm³/mol. The van der Waals surface area contributed by atoms with Gasteiger partial charge in [-0.05, 0) is 55.3 Å². The molecular weight excluding hydrogens is 464 g/mol. The lowest BCUT2D eigenvalue weighted by Crippen LogP contribution is -2.18. The van der Waals surface area contributed by atoms with Crippen LogP contribution in [0.3, 0.4) is 0 Å². The molecule has 3 aromatic carbocycles. The van der Waals surface area contributed by atoms with Crippen LogP contribution in [0.25, 0.3) is 33.5 Å². The number of hydrogen-bond donors (Lipinski definition) is 2. The number of hydrogen-bond acceptors (Lipinski definition) is 5. The number of rotatable bonds is 8. The van der Waals surface area contributed by atoms with Crippen molar-refractivity contribution in [1.29, 1.82) is 0 Å². The predicted octanol–water partition coefficient (Wildman–Crippen LogP) is 5.28. The molecule has 0 fully saturated rings. The smallest absolute Gasteiger partial charge is 0.175 e. The highest BCUT2D eigenvalue weighted by Gasteiger charge is 2.20. The van der Waals surface area contributed by atoms with Crippen molar-refractivity contribution in [2.75, 3.05) is 11.9 Å². The Morgan fingerprint density at radius 1 is 1.14 bits per heavy atom. The van der Waals surface area contributed by atoms with Crippen LogP contribution in [-0.2, 0) is 7.05 Å². The Morgan fingerprint density at radius 2 is 1.92 bits per heavy atom. The lowest BCUT2D eigenvalue weighted by Gasteiger charge is -2.21. The van der Waals surface area contributed by atoms with Gasteiger partial charge in [-0.1, -0.05) is 43.1 Å². The number of imidazole rings is 1. The van der Waals surface area contributed by atoms with E-state index in [1.807, 2.05) is 67.1 Å². The quantitative estimate of drug-likeness (QED) is 0.287. The number of aromatic nitrogens is 5. The number of halogens is 1. The van der Waals surface area contributed by atoms with Gasteiger partial charge in [0.1, 0.15) is 18.9 Å². The molecule has 0 saturated carbocycles. The standard InChI is InChI=1S/C28H31BFN7/c1-17-14-19(37-23-9-7-6-8-22(23)34-35-37)10-11-21(17)33-26-20(18(2)31-13-12-28(3,4)29)15-24-27(25(26)30)32-16-36(24)5/h6-11,14-16,31,33H,2,12-13,29H2,1,3-5H3. The fourth-order valence-corrected chi connectivity index (χ4v) is 4.38. The summed E-state index contributed by atoms with van der Waals surface area (Å²) in [5.74, 6) is -0.405. The van der Waals surface area contributed by atoms with Gasteiger partial charge >= 0.3 is 0 Å². The molecule has 0 radical (unpaired) electrons. The lowest BCUT2D eigenvalue weighted by atomic mass is 9.70. The second-order valence-electron chi connectivity index (χ2n) is 10.7. The number of aryl methyl sites for hydroxylation is 2. The van der Waals surface area contributed by atoms with Gasteiger partial charge in [-0.25, -0.2) is 14.1 Å². The maximum Gasteiger partial charge on any atom is 0.175 e. The molecule has 0 atom stereocenters. The lowest BCUT2D eigenvalue weighted by molar-refractivity contribution is 0.597. The van der Waals surface area contributed by atoms with Crippen molar-refractivity contribution in [3.05, 3.63) is 78.4 Å². The van der Waals surface area contributed by atoms with Gasteiger partial charge < -0.3 is 15.2 Å². The minimum absolute atomic E-state index is 0.180. The number of nitrogens with one attached hydrogen (secondary N) is 2. The van der Waals surface area contributed by atoms with Gasteiger partial charge in [-0.2, -0.15) is 0 Å². The van der Waals surface area contributed by atoms with Crippen LogP contribution in [0.1, 0.15) is 31.4 Å². The molecule has 37 heavy (non-hydrogen) atoms. The Hall–Kier alpha value is -4.14. The molecule has 9 heteroatoms. The van der Waals surface area contributed by atoms with Crippen molar-refractivity contribution in [2.45, 2.75) is 32.5 Å². The number of benzene rings is 3. The van der Waals surface area contributed by atoms with Crippen LogP contribution >= 0.6 is 0 Å². The van der Waals surface area contributed by atoms with Gasteiger partial charge in [-0.3, -0.25) is 0 Å². The third-order valence-corrected chi connectivity index (χ3v) is 6.56. The summed E-state index contributed by atoms with van der Waals surface area (Å²) in [6.07, 6.45) is 2.59. The van der Waals surface area contributed by atoms with E-state index in [1.165, 1.54) is 0 Å². The molecule has 0 bridgehead atoms. The van der Waals surface area contributed by atoms with E-state index in [1.54, 1.807) is 11.0 Å². The molecule has 5 aromatic rings.